The first-order valence-corrected chi connectivity index (χ1v) is 8.84. The van der Waals surface area contributed by atoms with Crippen LogP contribution in [0.2, 0.25) is 0 Å². The zero-order valence-corrected chi connectivity index (χ0v) is 14.8. The fraction of sp³-hybridized carbons (Fsp3) is 0.333. The van der Waals surface area contributed by atoms with Gasteiger partial charge in [0.25, 0.3) is 0 Å². The molecule has 1 N–H and O–H groups in total. The highest BCUT2D eigenvalue weighted by atomic mass is 16.2. The number of hydrogen-bond acceptors (Lipinski definition) is 2. The average Bonchev–Trinajstić information content (AvgIpc) is 3.02. The molecule has 2 amide bonds. The molecule has 0 spiro atoms. The second-order valence-corrected chi connectivity index (χ2v) is 6.43. The molecule has 0 aromatic heterocycles. The summed E-state index contributed by atoms with van der Waals surface area (Å²) in [6.45, 7) is 4.48. The molecule has 0 aliphatic carbocycles. The molecule has 2 aromatic rings. The normalized spacial score (nSPS) is 15.8. The zero-order chi connectivity index (χ0) is 17.8. The van der Waals surface area contributed by atoms with Crippen LogP contribution in [0.25, 0.3) is 0 Å². The lowest BCUT2D eigenvalue weighted by Gasteiger charge is -2.24. The number of amides is 2. The number of carbonyl (C=O) groups is 2. The van der Waals surface area contributed by atoms with Gasteiger partial charge in [0, 0.05) is 25.1 Å². The van der Waals surface area contributed by atoms with Crippen LogP contribution in [0.4, 0.5) is 5.69 Å². The van der Waals surface area contributed by atoms with Crippen molar-refractivity contribution in [2.75, 3.05) is 11.4 Å². The Kier molecular flexibility index (Phi) is 5.17. The van der Waals surface area contributed by atoms with Gasteiger partial charge in [0.1, 0.15) is 6.04 Å². The average molecular weight is 336 g/mol. The monoisotopic (exact) mass is 336 g/mol. The fourth-order valence-electron chi connectivity index (χ4n) is 3.40. The summed E-state index contributed by atoms with van der Waals surface area (Å²) in [4.78, 5) is 26.8. The van der Waals surface area contributed by atoms with Crippen molar-refractivity contribution >= 4 is 17.5 Å². The zero-order valence-electron chi connectivity index (χ0n) is 14.8. The van der Waals surface area contributed by atoms with Gasteiger partial charge in [-0.2, -0.15) is 0 Å². The Morgan fingerprint density at radius 3 is 2.60 bits per heavy atom. The minimum absolute atomic E-state index is 0.0102. The summed E-state index contributed by atoms with van der Waals surface area (Å²) in [5.74, 6) is -0.0874. The van der Waals surface area contributed by atoms with E-state index in [1.165, 1.54) is 11.1 Å². The number of carbonyl (C=O) groups excluding carboxylic acids is 2. The second-order valence-electron chi connectivity index (χ2n) is 6.43. The standard InChI is InChI=1S/C21H24N2O2/c1-3-20(24)23-18-11-7-6-10-17(18)14-19(23)21(25)22-13-12-16-9-5-4-8-15(16)2/h4-11,19H,3,12-14H2,1-2H3,(H,22,25)/t19-/m0/s1. The van der Waals surface area contributed by atoms with Crippen LogP contribution in [0, 0.1) is 6.92 Å². The highest BCUT2D eigenvalue weighted by Crippen LogP contribution is 2.32. The first-order valence-electron chi connectivity index (χ1n) is 8.84. The number of rotatable bonds is 5. The van der Waals surface area contributed by atoms with E-state index in [0.717, 1.165) is 17.7 Å². The van der Waals surface area contributed by atoms with E-state index >= 15 is 0 Å². The molecule has 0 fully saturated rings. The Morgan fingerprint density at radius 2 is 1.84 bits per heavy atom. The Hall–Kier alpha value is -2.62. The molecule has 2 aromatic carbocycles. The van der Waals surface area contributed by atoms with Gasteiger partial charge in [-0.3, -0.25) is 14.5 Å². The number of hydrogen-bond donors (Lipinski definition) is 1. The van der Waals surface area contributed by atoms with Gasteiger partial charge in [-0.25, -0.2) is 0 Å². The van der Waals surface area contributed by atoms with E-state index in [4.69, 9.17) is 0 Å². The SMILES string of the molecule is CCC(=O)N1c2ccccc2C[C@H]1C(=O)NCCc1ccccc1C. The molecule has 4 nitrogen and oxygen atoms in total. The van der Waals surface area contributed by atoms with Crippen molar-refractivity contribution < 1.29 is 9.59 Å². The summed E-state index contributed by atoms with van der Waals surface area (Å²) in [5.41, 5.74) is 4.39. The number of nitrogens with zero attached hydrogens (tertiary/aromatic N) is 1. The fourth-order valence-corrected chi connectivity index (χ4v) is 3.40. The summed E-state index contributed by atoms with van der Waals surface area (Å²) in [7, 11) is 0. The Labute approximate surface area is 148 Å². The third-order valence-corrected chi connectivity index (χ3v) is 4.80. The lowest BCUT2D eigenvalue weighted by Crippen LogP contribution is -2.48. The number of aryl methyl sites for hydroxylation is 1. The lowest BCUT2D eigenvalue weighted by molar-refractivity contribution is -0.126. The van der Waals surface area contributed by atoms with E-state index < -0.39 is 6.04 Å². The molecule has 1 aliphatic rings. The van der Waals surface area contributed by atoms with Crippen LogP contribution in [-0.4, -0.2) is 24.4 Å². The molecule has 1 atom stereocenters. The third-order valence-electron chi connectivity index (χ3n) is 4.80. The van der Waals surface area contributed by atoms with Crippen molar-refractivity contribution in [3.63, 3.8) is 0 Å². The predicted octanol–water partition coefficient (Wildman–Crippen LogP) is 3.02. The van der Waals surface area contributed by atoms with Gasteiger partial charge in [-0.15, -0.1) is 0 Å². The largest absolute Gasteiger partial charge is 0.354 e. The molecule has 0 saturated carbocycles. The van der Waals surface area contributed by atoms with Crippen LogP contribution in [0.5, 0.6) is 0 Å². The molecular formula is C21H24N2O2. The van der Waals surface area contributed by atoms with Crippen molar-refractivity contribution in [2.24, 2.45) is 0 Å². The van der Waals surface area contributed by atoms with E-state index in [2.05, 4.69) is 24.4 Å². The summed E-state index contributed by atoms with van der Waals surface area (Å²) < 4.78 is 0. The number of nitrogens with one attached hydrogen (secondary N) is 1. The van der Waals surface area contributed by atoms with Crippen molar-refractivity contribution in [1.82, 2.24) is 5.32 Å². The minimum Gasteiger partial charge on any atom is -0.354 e. The molecule has 1 heterocycles. The van der Waals surface area contributed by atoms with Crippen LogP contribution in [0.15, 0.2) is 48.5 Å². The third kappa shape index (κ3) is 3.58. The summed E-state index contributed by atoms with van der Waals surface area (Å²) in [6, 6.07) is 15.5. The van der Waals surface area contributed by atoms with Crippen molar-refractivity contribution in [3.8, 4) is 0 Å². The van der Waals surface area contributed by atoms with E-state index in [1.807, 2.05) is 43.3 Å². The molecule has 3 rings (SSSR count). The molecule has 0 unspecified atom stereocenters. The highest BCUT2D eigenvalue weighted by molar-refractivity contribution is 6.03. The van der Waals surface area contributed by atoms with E-state index in [0.29, 0.717) is 19.4 Å². The van der Waals surface area contributed by atoms with E-state index in [9.17, 15) is 9.59 Å². The lowest BCUT2D eigenvalue weighted by atomic mass is 10.1. The number of para-hydroxylation sites is 1. The number of benzene rings is 2. The highest BCUT2D eigenvalue weighted by Gasteiger charge is 2.37. The minimum atomic E-state index is -0.443. The van der Waals surface area contributed by atoms with Crippen molar-refractivity contribution in [2.45, 2.75) is 39.2 Å². The Bertz CT molecular complexity index is 785. The summed E-state index contributed by atoms with van der Waals surface area (Å²) in [5, 5.41) is 3.01. The molecule has 0 saturated heterocycles. The Balaban J connectivity index is 1.67. The predicted molar refractivity (Wildman–Crippen MR) is 99.6 cm³/mol. The maximum atomic E-state index is 12.7. The smallest absolute Gasteiger partial charge is 0.243 e. The van der Waals surface area contributed by atoms with Crippen LogP contribution in [0.3, 0.4) is 0 Å². The van der Waals surface area contributed by atoms with Crippen molar-refractivity contribution in [1.29, 1.82) is 0 Å². The molecule has 0 bridgehead atoms. The van der Waals surface area contributed by atoms with Crippen LogP contribution in [0.1, 0.15) is 30.0 Å². The first kappa shape index (κ1) is 17.2. The van der Waals surface area contributed by atoms with Crippen LogP contribution < -0.4 is 10.2 Å². The Morgan fingerprint density at radius 1 is 1.12 bits per heavy atom. The van der Waals surface area contributed by atoms with Crippen LogP contribution in [-0.2, 0) is 22.4 Å². The first-order chi connectivity index (χ1) is 12.1. The van der Waals surface area contributed by atoms with Gasteiger partial charge in [0.15, 0.2) is 0 Å². The second kappa shape index (κ2) is 7.51. The van der Waals surface area contributed by atoms with Gasteiger partial charge in [0.05, 0.1) is 0 Å². The van der Waals surface area contributed by atoms with Gasteiger partial charge >= 0.3 is 0 Å². The van der Waals surface area contributed by atoms with E-state index in [-0.39, 0.29) is 11.8 Å². The van der Waals surface area contributed by atoms with Gasteiger partial charge < -0.3 is 5.32 Å². The van der Waals surface area contributed by atoms with E-state index in [1.54, 1.807) is 4.90 Å². The quantitative estimate of drug-likeness (QED) is 0.912. The van der Waals surface area contributed by atoms with Gasteiger partial charge in [-0.05, 0) is 36.1 Å². The van der Waals surface area contributed by atoms with Crippen LogP contribution >= 0.6 is 0 Å². The molecule has 130 valence electrons. The molecule has 0 radical (unpaired) electrons. The van der Waals surface area contributed by atoms with Gasteiger partial charge in [0.2, 0.25) is 11.8 Å². The van der Waals surface area contributed by atoms with Crippen molar-refractivity contribution in [3.05, 3.63) is 65.2 Å². The number of anilines is 1. The molecule has 4 heteroatoms. The molecular weight excluding hydrogens is 312 g/mol. The molecule has 25 heavy (non-hydrogen) atoms. The summed E-state index contributed by atoms with van der Waals surface area (Å²) in [6.07, 6.45) is 1.76. The molecule has 1 aliphatic heterocycles. The maximum Gasteiger partial charge on any atom is 0.243 e. The number of fused-ring (bicyclic) bond motifs is 1. The summed E-state index contributed by atoms with van der Waals surface area (Å²) >= 11 is 0. The van der Waals surface area contributed by atoms with Gasteiger partial charge in [-0.1, -0.05) is 49.4 Å². The topological polar surface area (TPSA) is 49.4 Å². The maximum absolute atomic E-state index is 12.7.